The molecule has 0 atom stereocenters. The molecule has 1 N–H and O–H groups in total. The van der Waals surface area contributed by atoms with Crippen LogP contribution in [-0.4, -0.2) is 11.1 Å². The van der Waals surface area contributed by atoms with Gasteiger partial charge in [-0.3, -0.25) is 0 Å². The summed E-state index contributed by atoms with van der Waals surface area (Å²) in [7, 11) is 0. The van der Waals surface area contributed by atoms with Gasteiger partial charge in [0.2, 0.25) is 0 Å². The standard InChI is InChI=1S/C13H10O3/c14-12-6-2-4-10(8-12)9-3-1-5-11(7-9)13(15)16/h1-8,14H,(H,15,16)/p-1. The van der Waals surface area contributed by atoms with Crippen molar-refractivity contribution in [3.05, 3.63) is 54.1 Å². The van der Waals surface area contributed by atoms with Crippen LogP contribution in [0.25, 0.3) is 11.1 Å². The van der Waals surface area contributed by atoms with E-state index < -0.39 is 5.97 Å². The third kappa shape index (κ3) is 2.03. The molecular formula is C13H9O3-. The quantitative estimate of drug-likeness (QED) is 0.831. The first-order valence-corrected chi connectivity index (χ1v) is 4.77. The van der Waals surface area contributed by atoms with Gasteiger partial charge in [0, 0.05) is 0 Å². The van der Waals surface area contributed by atoms with Gasteiger partial charge in [-0.15, -0.1) is 5.75 Å². The highest BCUT2D eigenvalue weighted by Gasteiger charge is 2.03. The predicted octanol–water partition coefficient (Wildman–Crippen LogP) is 2.13. The molecule has 0 fully saturated rings. The van der Waals surface area contributed by atoms with Crippen molar-refractivity contribution >= 4 is 5.97 Å². The highest BCUT2D eigenvalue weighted by molar-refractivity contribution is 5.89. The number of hydrogen-bond donors (Lipinski definition) is 1. The van der Waals surface area contributed by atoms with E-state index in [-0.39, 0.29) is 11.3 Å². The lowest BCUT2D eigenvalue weighted by Gasteiger charge is -2.08. The SMILES string of the molecule is O=C(O)c1cccc(-c2cccc([O-])c2)c1. The normalized spacial score (nSPS) is 10.0. The van der Waals surface area contributed by atoms with Gasteiger partial charge in [-0.2, -0.15) is 0 Å². The van der Waals surface area contributed by atoms with Crippen LogP contribution in [0.15, 0.2) is 48.5 Å². The Balaban J connectivity index is 2.48. The molecule has 0 bridgehead atoms. The summed E-state index contributed by atoms with van der Waals surface area (Å²) < 4.78 is 0. The summed E-state index contributed by atoms with van der Waals surface area (Å²) in [4.78, 5) is 10.8. The highest BCUT2D eigenvalue weighted by Crippen LogP contribution is 2.22. The Morgan fingerprint density at radius 3 is 2.25 bits per heavy atom. The fourth-order valence-corrected chi connectivity index (χ4v) is 1.51. The lowest BCUT2D eigenvalue weighted by atomic mass is 10.0. The molecule has 3 heteroatoms. The number of aromatic carboxylic acids is 1. The molecule has 0 aromatic heterocycles. The maximum Gasteiger partial charge on any atom is 0.335 e. The molecule has 0 aliphatic rings. The van der Waals surface area contributed by atoms with Crippen LogP contribution in [0.3, 0.4) is 0 Å². The molecule has 0 heterocycles. The van der Waals surface area contributed by atoms with Crippen molar-refractivity contribution in [3.63, 3.8) is 0 Å². The number of carbonyl (C=O) groups is 1. The summed E-state index contributed by atoms with van der Waals surface area (Å²) in [6, 6.07) is 12.9. The maximum atomic E-state index is 11.2. The molecule has 0 radical (unpaired) electrons. The first kappa shape index (κ1) is 10.2. The van der Waals surface area contributed by atoms with Gasteiger partial charge in [0.15, 0.2) is 0 Å². The Morgan fingerprint density at radius 2 is 1.62 bits per heavy atom. The van der Waals surface area contributed by atoms with E-state index in [1.807, 2.05) is 0 Å². The Bertz CT molecular complexity index is 532. The van der Waals surface area contributed by atoms with Crippen LogP contribution in [-0.2, 0) is 0 Å². The molecule has 0 spiro atoms. The molecule has 0 saturated carbocycles. The van der Waals surface area contributed by atoms with Crippen molar-refractivity contribution in [2.75, 3.05) is 0 Å². The number of rotatable bonds is 2. The van der Waals surface area contributed by atoms with Crippen molar-refractivity contribution in [1.82, 2.24) is 0 Å². The number of carboxylic acids is 1. The second-order valence-corrected chi connectivity index (χ2v) is 3.41. The molecular weight excluding hydrogens is 204 g/mol. The molecule has 0 aliphatic carbocycles. The van der Waals surface area contributed by atoms with Crippen LogP contribution >= 0.6 is 0 Å². The van der Waals surface area contributed by atoms with Crippen molar-refractivity contribution in [1.29, 1.82) is 0 Å². The van der Waals surface area contributed by atoms with Gasteiger partial charge in [0.05, 0.1) is 5.56 Å². The average Bonchev–Trinajstić information content (AvgIpc) is 2.29. The third-order valence-corrected chi connectivity index (χ3v) is 2.28. The van der Waals surface area contributed by atoms with Crippen molar-refractivity contribution < 1.29 is 15.0 Å². The number of hydrogen-bond acceptors (Lipinski definition) is 2. The van der Waals surface area contributed by atoms with E-state index in [0.29, 0.717) is 0 Å². The lowest BCUT2D eigenvalue weighted by molar-refractivity contribution is -0.268. The van der Waals surface area contributed by atoms with E-state index in [1.54, 1.807) is 30.3 Å². The molecule has 0 amide bonds. The van der Waals surface area contributed by atoms with Crippen molar-refractivity contribution in [2.24, 2.45) is 0 Å². The van der Waals surface area contributed by atoms with Gasteiger partial charge in [0.25, 0.3) is 0 Å². The number of carboxylic acid groups (broad SMARTS) is 1. The topological polar surface area (TPSA) is 60.4 Å². The second kappa shape index (κ2) is 4.06. The molecule has 16 heavy (non-hydrogen) atoms. The Hall–Kier alpha value is -2.29. The monoisotopic (exact) mass is 213 g/mol. The van der Waals surface area contributed by atoms with E-state index in [1.165, 1.54) is 18.2 Å². The lowest BCUT2D eigenvalue weighted by Crippen LogP contribution is -1.96. The van der Waals surface area contributed by atoms with E-state index in [9.17, 15) is 9.90 Å². The zero-order chi connectivity index (χ0) is 11.5. The minimum atomic E-state index is -0.972. The molecule has 3 nitrogen and oxygen atoms in total. The molecule has 0 aliphatic heterocycles. The highest BCUT2D eigenvalue weighted by atomic mass is 16.4. The summed E-state index contributed by atoms with van der Waals surface area (Å²) in [5.41, 5.74) is 1.68. The van der Waals surface area contributed by atoms with Gasteiger partial charge in [-0.05, 0) is 23.3 Å². The fourth-order valence-electron chi connectivity index (χ4n) is 1.51. The largest absolute Gasteiger partial charge is 0.872 e. The van der Waals surface area contributed by atoms with Crippen LogP contribution in [0.4, 0.5) is 0 Å². The summed E-state index contributed by atoms with van der Waals surface area (Å²) in [5, 5.41) is 20.0. The van der Waals surface area contributed by atoms with Gasteiger partial charge in [-0.25, -0.2) is 4.79 Å². The molecule has 80 valence electrons. The zero-order valence-corrected chi connectivity index (χ0v) is 8.38. The Labute approximate surface area is 92.6 Å². The molecule has 0 saturated heterocycles. The third-order valence-electron chi connectivity index (χ3n) is 2.28. The second-order valence-electron chi connectivity index (χ2n) is 3.41. The minimum absolute atomic E-state index is 0.0850. The molecule has 2 aromatic carbocycles. The van der Waals surface area contributed by atoms with E-state index >= 15 is 0 Å². The van der Waals surface area contributed by atoms with Crippen LogP contribution < -0.4 is 5.11 Å². The Morgan fingerprint density at radius 1 is 1.00 bits per heavy atom. The van der Waals surface area contributed by atoms with Crippen LogP contribution in [0.5, 0.6) is 5.75 Å². The van der Waals surface area contributed by atoms with E-state index in [2.05, 4.69) is 0 Å². The zero-order valence-electron chi connectivity index (χ0n) is 8.38. The maximum absolute atomic E-state index is 11.2. The van der Waals surface area contributed by atoms with Gasteiger partial charge in [0.1, 0.15) is 0 Å². The van der Waals surface area contributed by atoms with Crippen molar-refractivity contribution in [3.8, 4) is 16.9 Å². The Kier molecular flexibility index (Phi) is 2.60. The average molecular weight is 213 g/mol. The fraction of sp³-hybridized carbons (Fsp3) is 0. The number of benzene rings is 2. The van der Waals surface area contributed by atoms with Gasteiger partial charge in [-0.1, -0.05) is 36.4 Å². The molecule has 2 aromatic rings. The summed E-state index contributed by atoms with van der Waals surface area (Å²) in [5.74, 6) is -1.06. The van der Waals surface area contributed by atoms with Crippen molar-refractivity contribution in [2.45, 2.75) is 0 Å². The van der Waals surface area contributed by atoms with E-state index in [0.717, 1.165) is 11.1 Å². The predicted molar refractivity (Wildman–Crippen MR) is 58.3 cm³/mol. The molecule has 2 rings (SSSR count). The summed E-state index contributed by atoms with van der Waals surface area (Å²) in [6.45, 7) is 0. The van der Waals surface area contributed by atoms with Crippen LogP contribution in [0.2, 0.25) is 0 Å². The van der Waals surface area contributed by atoms with Crippen LogP contribution in [0.1, 0.15) is 10.4 Å². The molecule has 0 unspecified atom stereocenters. The summed E-state index contributed by atoms with van der Waals surface area (Å²) >= 11 is 0. The minimum Gasteiger partial charge on any atom is -0.872 e. The smallest absolute Gasteiger partial charge is 0.335 e. The summed E-state index contributed by atoms with van der Waals surface area (Å²) in [6.07, 6.45) is 0. The van der Waals surface area contributed by atoms with Gasteiger partial charge >= 0.3 is 5.97 Å². The first-order chi connectivity index (χ1) is 7.66. The first-order valence-electron chi connectivity index (χ1n) is 4.77. The van der Waals surface area contributed by atoms with Gasteiger partial charge < -0.3 is 10.2 Å². The van der Waals surface area contributed by atoms with E-state index in [4.69, 9.17) is 5.11 Å². The van der Waals surface area contributed by atoms with Crippen LogP contribution in [0, 0.1) is 0 Å².